The highest BCUT2D eigenvalue weighted by Gasteiger charge is 1.96. The Morgan fingerprint density at radius 1 is 1.00 bits per heavy atom. The molecule has 0 aromatic heterocycles. The van der Waals surface area contributed by atoms with Crippen LogP contribution in [0.3, 0.4) is 0 Å². The molecule has 90 valence electrons. The van der Waals surface area contributed by atoms with Gasteiger partial charge in [0, 0.05) is 6.42 Å². The van der Waals surface area contributed by atoms with E-state index in [-0.39, 0.29) is 0 Å². The van der Waals surface area contributed by atoms with Crippen LogP contribution in [-0.4, -0.2) is 11.2 Å². The van der Waals surface area contributed by atoms with Gasteiger partial charge in [0.05, 0.1) is 6.21 Å². The SMILES string of the molecule is S=C(Cc1ccccc1)N/N=C/c1ccccc1. The van der Waals surface area contributed by atoms with E-state index in [4.69, 9.17) is 12.2 Å². The lowest BCUT2D eigenvalue weighted by Crippen LogP contribution is -2.17. The van der Waals surface area contributed by atoms with Crippen molar-refractivity contribution in [2.24, 2.45) is 5.10 Å². The molecule has 0 spiro atoms. The summed E-state index contributed by atoms with van der Waals surface area (Å²) < 4.78 is 0. The van der Waals surface area contributed by atoms with E-state index in [9.17, 15) is 0 Å². The summed E-state index contributed by atoms with van der Waals surface area (Å²) >= 11 is 5.23. The first-order valence-electron chi connectivity index (χ1n) is 5.75. The Balaban J connectivity index is 1.84. The van der Waals surface area contributed by atoms with Crippen LogP contribution in [0.5, 0.6) is 0 Å². The van der Waals surface area contributed by atoms with Gasteiger partial charge in [-0.1, -0.05) is 72.9 Å². The fourth-order valence-electron chi connectivity index (χ4n) is 1.54. The minimum absolute atomic E-state index is 0.711. The Hall–Kier alpha value is -2.00. The quantitative estimate of drug-likeness (QED) is 0.515. The van der Waals surface area contributed by atoms with Crippen LogP contribution in [0.25, 0.3) is 0 Å². The Bertz CT molecular complexity index is 521. The van der Waals surface area contributed by atoms with Gasteiger partial charge in [-0.15, -0.1) is 0 Å². The maximum Gasteiger partial charge on any atom is 0.100 e. The van der Waals surface area contributed by atoms with Crippen molar-refractivity contribution in [1.82, 2.24) is 5.43 Å². The molecule has 0 saturated heterocycles. The van der Waals surface area contributed by atoms with E-state index >= 15 is 0 Å². The Morgan fingerprint density at radius 3 is 2.28 bits per heavy atom. The minimum atomic E-state index is 0.711. The molecule has 0 bridgehead atoms. The second kappa shape index (κ2) is 6.67. The first kappa shape index (κ1) is 12.5. The number of nitrogens with zero attached hydrogens (tertiary/aromatic N) is 1. The van der Waals surface area contributed by atoms with Gasteiger partial charge in [-0.25, -0.2) is 0 Å². The number of nitrogens with one attached hydrogen (secondary N) is 1. The van der Waals surface area contributed by atoms with Gasteiger partial charge in [-0.3, -0.25) is 5.43 Å². The summed E-state index contributed by atoms with van der Waals surface area (Å²) in [5.74, 6) is 0. The Kier molecular flexibility index (Phi) is 4.61. The smallest absolute Gasteiger partial charge is 0.100 e. The van der Waals surface area contributed by atoms with Crippen molar-refractivity contribution in [3.05, 3.63) is 71.8 Å². The molecule has 0 radical (unpaired) electrons. The number of hydrogen-bond acceptors (Lipinski definition) is 2. The van der Waals surface area contributed by atoms with Gasteiger partial charge in [0.15, 0.2) is 0 Å². The van der Waals surface area contributed by atoms with Gasteiger partial charge >= 0.3 is 0 Å². The molecular weight excluding hydrogens is 240 g/mol. The van der Waals surface area contributed by atoms with E-state index in [0.29, 0.717) is 11.4 Å². The lowest BCUT2D eigenvalue weighted by atomic mass is 10.2. The molecule has 2 rings (SSSR count). The van der Waals surface area contributed by atoms with Gasteiger partial charge in [0.25, 0.3) is 0 Å². The van der Waals surface area contributed by atoms with Crippen molar-refractivity contribution in [3.8, 4) is 0 Å². The predicted molar refractivity (Wildman–Crippen MR) is 79.9 cm³/mol. The van der Waals surface area contributed by atoms with Crippen molar-refractivity contribution in [2.45, 2.75) is 6.42 Å². The van der Waals surface area contributed by atoms with E-state index in [0.717, 1.165) is 5.56 Å². The lowest BCUT2D eigenvalue weighted by Gasteiger charge is -2.02. The third-order valence-electron chi connectivity index (χ3n) is 2.41. The molecule has 0 aliphatic heterocycles. The second-order valence-corrected chi connectivity index (χ2v) is 4.36. The van der Waals surface area contributed by atoms with Crippen LogP contribution >= 0.6 is 12.2 Å². The van der Waals surface area contributed by atoms with Crippen LogP contribution in [0, 0.1) is 0 Å². The van der Waals surface area contributed by atoms with Crippen molar-refractivity contribution >= 4 is 23.4 Å². The fourth-order valence-corrected chi connectivity index (χ4v) is 1.76. The van der Waals surface area contributed by atoms with Gasteiger partial charge < -0.3 is 0 Å². The van der Waals surface area contributed by atoms with Crippen LogP contribution in [0.1, 0.15) is 11.1 Å². The third kappa shape index (κ3) is 4.11. The largest absolute Gasteiger partial charge is 0.271 e. The second-order valence-electron chi connectivity index (χ2n) is 3.87. The van der Waals surface area contributed by atoms with Gasteiger partial charge in [0.2, 0.25) is 0 Å². The van der Waals surface area contributed by atoms with Crippen molar-refractivity contribution in [3.63, 3.8) is 0 Å². The van der Waals surface area contributed by atoms with Crippen LogP contribution in [0.15, 0.2) is 65.8 Å². The summed E-state index contributed by atoms with van der Waals surface area (Å²) in [6.07, 6.45) is 2.47. The molecule has 0 saturated carbocycles. The molecule has 0 atom stereocenters. The summed E-state index contributed by atoms with van der Waals surface area (Å²) in [5, 5.41) is 4.12. The highest BCUT2D eigenvalue weighted by atomic mass is 32.1. The summed E-state index contributed by atoms with van der Waals surface area (Å²) in [6.45, 7) is 0. The molecule has 0 amide bonds. The maximum absolute atomic E-state index is 5.23. The molecule has 0 aliphatic carbocycles. The van der Waals surface area contributed by atoms with Crippen molar-refractivity contribution < 1.29 is 0 Å². The molecule has 0 heterocycles. The van der Waals surface area contributed by atoms with E-state index in [1.807, 2.05) is 48.5 Å². The molecule has 2 aromatic carbocycles. The van der Waals surface area contributed by atoms with Crippen LogP contribution < -0.4 is 5.43 Å². The predicted octanol–water partition coefficient (Wildman–Crippen LogP) is 3.18. The molecule has 3 heteroatoms. The van der Waals surface area contributed by atoms with Gasteiger partial charge in [-0.05, 0) is 11.1 Å². The molecule has 1 N–H and O–H groups in total. The number of hydrazone groups is 1. The first-order chi connectivity index (χ1) is 8.84. The topological polar surface area (TPSA) is 24.4 Å². The van der Waals surface area contributed by atoms with Crippen LogP contribution in [0.2, 0.25) is 0 Å². The lowest BCUT2D eigenvalue weighted by molar-refractivity contribution is 1.02. The highest BCUT2D eigenvalue weighted by molar-refractivity contribution is 7.80. The summed E-state index contributed by atoms with van der Waals surface area (Å²) in [5.41, 5.74) is 5.11. The van der Waals surface area contributed by atoms with Crippen molar-refractivity contribution in [2.75, 3.05) is 0 Å². The zero-order valence-electron chi connectivity index (χ0n) is 9.91. The summed E-state index contributed by atoms with van der Waals surface area (Å²) in [7, 11) is 0. The standard InChI is InChI=1S/C15H14N2S/c18-15(11-13-7-3-1-4-8-13)17-16-12-14-9-5-2-6-10-14/h1-10,12H,11H2,(H,17,18)/b16-12+. The van der Waals surface area contributed by atoms with E-state index < -0.39 is 0 Å². The van der Waals surface area contributed by atoms with Crippen LogP contribution in [-0.2, 0) is 6.42 Å². The van der Waals surface area contributed by atoms with Crippen molar-refractivity contribution in [1.29, 1.82) is 0 Å². The molecular formula is C15H14N2S. The number of thiocarbonyl (C=S) groups is 1. The Morgan fingerprint density at radius 2 is 1.61 bits per heavy atom. The molecule has 0 unspecified atom stereocenters. The number of hydrogen-bond donors (Lipinski definition) is 1. The Labute approximate surface area is 112 Å². The number of benzene rings is 2. The molecule has 2 nitrogen and oxygen atoms in total. The molecule has 2 aromatic rings. The zero-order valence-corrected chi connectivity index (χ0v) is 10.7. The summed E-state index contributed by atoms with van der Waals surface area (Å²) in [6, 6.07) is 20.0. The van der Waals surface area contributed by atoms with Gasteiger partial charge in [0.1, 0.15) is 4.99 Å². The van der Waals surface area contributed by atoms with Gasteiger partial charge in [-0.2, -0.15) is 5.10 Å². The zero-order chi connectivity index (χ0) is 12.6. The number of rotatable bonds is 4. The first-order valence-corrected chi connectivity index (χ1v) is 6.16. The monoisotopic (exact) mass is 254 g/mol. The fraction of sp³-hybridized carbons (Fsp3) is 0.0667. The average Bonchev–Trinajstić information content (AvgIpc) is 2.41. The van der Waals surface area contributed by atoms with E-state index in [2.05, 4.69) is 22.7 Å². The molecule has 0 fully saturated rings. The summed E-state index contributed by atoms with van der Waals surface area (Å²) in [4.78, 5) is 0.716. The average molecular weight is 254 g/mol. The minimum Gasteiger partial charge on any atom is -0.271 e. The van der Waals surface area contributed by atoms with E-state index in [1.165, 1.54) is 5.56 Å². The maximum atomic E-state index is 5.23. The van der Waals surface area contributed by atoms with Crippen LogP contribution in [0.4, 0.5) is 0 Å². The highest BCUT2D eigenvalue weighted by Crippen LogP contribution is 2.00. The normalized spacial score (nSPS) is 10.4. The third-order valence-corrected chi connectivity index (χ3v) is 2.65. The van der Waals surface area contributed by atoms with E-state index in [1.54, 1.807) is 6.21 Å². The molecule has 18 heavy (non-hydrogen) atoms. The molecule has 0 aliphatic rings.